The Labute approximate surface area is 199 Å². The van der Waals surface area contributed by atoms with Gasteiger partial charge in [0.1, 0.15) is 5.82 Å². The molecule has 0 spiro atoms. The van der Waals surface area contributed by atoms with Gasteiger partial charge in [-0.3, -0.25) is 9.59 Å². The summed E-state index contributed by atoms with van der Waals surface area (Å²) < 4.78 is 29.4. The van der Waals surface area contributed by atoms with Crippen LogP contribution in [-0.4, -0.2) is 65.2 Å². The average molecular weight is 484 g/mol. The number of aryl methyl sites for hydroxylation is 1. The summed E-state index contributed by atoms with van der Waals surface area (Å²) >= 11 is 0. The Bertz CT molecular complexity index is 1310. The van der Waals surface area contributed by atoms with Gasteiger partial charge in [-0.25, -0.2) is 13.4 Å². The van der Waals surface area contributed by atoms with Crippen LogP contribution in [0.2, 0.25) is 0 Å². The number of para-hydroxylation sites is 2. The van der Waals surface area contributed by atoms with E-state index in [1.54, 1.807) is 4.90 Å². The van der Waals surface area contributed by atoms with Gasteiger partial charge in [0.05, 0.1) is 22.0 Å². The number of hydrogen-bond donors (Lipinski definition) is 1. The molecule has 9 nitrogen and oxygen atoms in total. The number of amides is 2. The quantitative estimate of drug-likeness (QED) is 0.580. The average Bonchev–Trinajstić information content (AvgIpc) is 3.23. The Morgan fingerprint density at radius 1 is 1.03 bits per heavy atom. The van der Waals surface area contributed by atoms with E-state index in [2.05, 4.69) is 14.9 Å². The normalized spacial score (nSPS) is 15.9. The molecule has 1 saturated heterocycles. The lowest BCUT2D eigenvalue weighted by atomic mass is 10.2. The zero-order valence-electron chi connectivity index (χ0n) is 19.6. The van der Waals surface area contributed by atoms with Crippen LogP contribution in [0.15, 0.2) is 53.4 Å². The zero-order valence-corrected chi connectivity index (χ0v) is 20.4. The molecule has 1 unspecified atom stereocenters. The van der Waals surface area contributed by atoms with Gasteiger partial charge in [-0.2, -0.15) is 4.31 Å². The van der Waals surface area contributed by atoms with Gasteiger partial charge in [-0.1, -0.05) is 12.1 Å². The SMILES string of the molecule is CCn1c(C(C)NC(=O)c2ccc(S(=O)(=O)N3CCN(C(C)=O)CC3)cc2)nc2ccccc21. The predicted octanol–water partition coefficient (Wildman–Crippen LogP) is 2.40. The minimum Gasteiger partial charge on any atom is -0.342 e. The minimum absolute atomic E-state index is 0.0591. The second kappa shape index (κ2) is 9.55. The Morgan fingerprint density at radius 3 is 2.29 bits per heavy atom. The van der Waals surface area contributed by atoms with Crippen LogP contribution >= 0.6 is 0 Å². The molecule has 1 aliphatic heterocycles. The number of rotatable bonds is 6. The van der Waals surface area contributed by atoms with Crippen molar-refractivity contribution < 1.29 is 18.0 Å². The molecule has 0 saturated carbocycles. The van der Waals surface area contributed by atoms with Crippen LogP contribution in [0.5, 0.6) is 0 Å². The van der Waals surface area contributed by atoms with E-state index in [-0.39, 0.29) is 35.8 Å². The van der Waals surface area contributed by atoms with Gasteiger partial charge in [0.15, 0.2) is 0 Å². The van der Waals surface area contributed by atoms with Crippen molar-refractivity contribution in [1.29, 1.82) is 0 Å². The largest absolute Gasteiger partial charge is 0.342 e. The van der Waals surface area contributed by atoms with E-state index in [0.29, 0.717) is 18.7 Å². The summed E-state index contributed by atoms with van der Waals surface area (Å²) in [7, 11) is -3.69. The van der Waals surface area contributed by atoms with E-state index in [4.69, 9.17) is 0 Å². The Hall–Kier alpha value is -3.24. The van der Waals surface area contributed by atoms with Crippen molar-refractivity contribution in [3.05, 3.63) is 59.9 Å². The van der Waals surface area contributed by atoms with Gasteiger partial charge in [0, 0.05) is 45.2 Å². The highest BCUT2D eigenvalue weighted by molar-refractivity contribution is 7.89. The number of sulfonamides is 1. The van der Waals surface area contributed by atoms with Crippen molar-refractivity contribution in [2.24, 2.45) is 0 Å². The van der Waals surface area contributed by atoms with E-state index < -0.39 is 10.0 Å². The zero-order chi connectivity index (χ0) is 24.5. The van der Waals surface area contributed by atoms with Crippen molar-refractivity contribution >= 4 is 32.9 Å². The first-order valence-corrected chi connectivity index (χ1v) is 12.8. The molecule has 1 N–H and O–H groups in total. The monoisotopic (exact) mass is 483 g/mol. The van der Waals surface area contributed by atoms with Crippen LogP contribution < -0.4 is 5.32 Å². The minimum atomic E-state index is -3.69. The number of nitrogens with zero attached hydrogens (tertiary/aromatic N) is 4. The number of aromatic nitrogens is 2. The summed E-state index contributed by atoms with van der Waals surface area (Å²) in [5.41, 5.74) is 2.25. The van der Waals surface area contributed by atoms with E-state index in [1.165, 1.54) is 35.5 Å². The fourth-order valence-corrected chi connectivity index (χ4v) is 5.69. The summed E-state index contributed by atoms with van der Waals surface area (Å²) in [6, 6.07) is 13.4. The van der Waals surface area contributed by atoms with Crippen LogP contribution in [0.4, 0.5) is 0 Å². The first-order chi connectivity index (χ1) is 16.2. The third-order valence-electron chi connectivity index (χ3n) is 6.17. The summed E-state index contributed by atoms with van der Waals surface area (Å²) in [6.07, 6.45) is 0. The van der Waals surface area contributed by atoms with Crippen LogP contribution in [0.1, 0.15) is 43.0 Å². The van der Waals surface area contributed by atoms with Crippen molar-refractivity contribution in [3.8, 4) is 0 Å². The Morgan fingerprint density at radius 2 is 1.68 bits per heavy atom. The first-order valence-electron chi connectivity index (χ1n) is 11.3. The van der Waals surface area contributed by atoms with Gasteiger partial charge in [-0.05, 0) is 50.2 Å². The molecule has 1 aromatic heterocycles. The first kappa shape index (κ1) is 23.9. The van der Waals surface area contributed by atoms with E-state index in [0.717, 1.165) is 23.4 Å². The molecule has 180 valence electrons. The highest BCUT2D eigenvalue weighted by Crippen LogP contribution is 2.22. The van der Waals surface area contributed by atoms with Gasteiger partial charge < -0.3 is 14.8 Å². The van der Waals surface area contributed by atoms with E-state index >= 15 is 0 Å². The lowest BCUT2D eigenvalue weighted by Crippen LogP contribution is -2.49. The van der Waals surface area contributed by atoms with Gasteiger partial charge >= 0.3 is 0 Å². The van der Waals surface area contributed by atoms with Crippen molar-refractivity contribution in [2.75, 3.05) is 26.2 Å². The highest BCUT2D eigenvalue weighted by atomic mass is 32.2. The summed E-state index contributed by atoms with van der Waals surface area (Å²) in [5, 5.41) is 2.97. The Kier molecular flexibility index (Phi) is 6.72. The second-order valence-corrected chi connectivity index (χ2v) is 10.3. The number of imidazole rings is 1. The second-order valence-electron chi connectivity index (χ2n) is 8.33. The number of nitrogens with one attached hydrogen (secondary N) is 1. The summed E-state index contributed by atoms with van der Waals surface area (Å²) in [4.78, 5) is 30.8. The van der Waals surface area contributed by atoms with E-state index in [1.807, 2.05) is 38.1 Å². The smallest absolute Gasteiger partial charge is 0.251 e. The molecule has 0 radical (unpaired) electrons. The molecule has 4 rings (SSSR count). The number of carbonyl (C=O) groups is 2. The number of hydrogen-bond acceptors (Lipinski definition) is 5. The summed E-state index contributed by atoms with van der Waals surface area (Å²) in [6.45, 7) is 7.36. The maximum Gasteiger partial charge on any atom is 0.251 e. The number of benzene rings is 2. The molecule has 2 heterocycles. The predicted molar refractivity (Wildman–Crippen MR) is 129 cm³/mol. The maximum absolute atomic E-state index is 13.0. The lowest BCUT2D eigenvalue weighted by molar-refractivity contribution is -0.129. The van der Waals surface area contributed by atoms with Crippen LogP contribution in [0.25, 0.3) is 11.0 Å². The molecule has 34 heavy (non-hydrogen) atoms. The molecule has 1 atom stereocenters. The Balaban J connectivity index is 1.46. The molecular formula is C24H29N5O4S. The standard InChI is InChI=1S/C24H29N5O4S/c1-4-29-22-8-6-5-7-21(22)26-23(29)17(2)25-24(31)19-9-11-20(12-10-19)34(32,33)28-15-13-27(14-16-28)18(3)30/h5-12,17H,4,13-16H2,1-3H3,(H,25,31). The van der Waals surface area contributed by atoms with Crippen molar-refractivity contribution in [3.63, 3.8) is 0 Å². The molecule has 3 aromatic rings. The third-order valence-corrected chi connectivity index (χ3v) is 8.09. The fourth-order valence-electron chi connectivity index (χ4n) is 4.27. The molecule has 2 aromatic carbocycles. The highest BCUT2D eigenvalue weighted by Gasteiger charge is 2.29. The third kappa shape index (κ3) is 4.55. The van der Waals surface area contributed by atoms with Crippen LogP contribution in [0, 0.1) is 0 Å². The van der Waals surface area contributed by atoms with Crippen LogP contribution in [0.3, 0.4) is 0 Å². The van der Waals surface area contributed by atoms with Gasteiger partial charge in [-0.15, -0.1) is 0 Å². The topological polar surface area (TPSA) is 105 Å². The van der Waals surface area contributed by atoms with Gasteiger partial charge in [0.2, 0.25) is 15.9 Å². The van der Waals surface area contributed by atoms with Gasteiger partial charge in [0.25, 0.3) is 5.91 Å². The molecule has 0 bridgehead atoms. The van der Waals surface area contributed by atoms with E-state index in [9.17, 15) is 18.0 Å². The molecule has 0 aliphatic carbocycles. The van der Waals surface area contributed by atoms with Crippen LogP contribution in [-0.2, 0) is 21.4 Å². The van der Waals surface area contributed by atoms with Crippen molar-refractivity contribution in [2.45, 2.75) is 38.3 Å². The molecular weight excluding hydrogens is 454 g/mol. The number of fused-ring (bicyclic) bond motifs is 1. The molecule has 1 fully saturated rings. The lowest BCUT2D eigenvalue weighted by Gasteiger charge is -2.33. The number of piperazine rings is 1. The molecule has 1 aliphatic rings. The molecule has 2 amide bonds. The maximum atomic E-state index is 13.0. The van der Waals surface area contributed by atoms with Crippen molar-refractivity contribution in [1.82, 2.24) is 24.1 Å². The molecule has 10 heteroatoms. The fraction of sp³-hybridized carbons (Fsp3) is 0.375. The number of carbonyl (C=O) groups excluding carboxylic acids is 2. The summed E-state index contributed by atoms with van der Waals surface area (Å²) in [5.74, 6) is 0.401.